The molecular weight excluding hydrogens is 474 g/mol. The summed E-state index contributed by atoms with van der Waals surface area (Å²) >= 11 is 0. The monoisotopic (exact) mass is 509 g/mol. The molecule has 3 atom stereocenters. The number of nitrogens with one attached hydrogen (secondary N) is 1. The maximum atomic E-state index is 11.7. The summed E-state index contributed by atoms with van der Waals surface area (Å²) in [4.78, 5) is 16.1. The van der Waals surface area contributed by atoms with Crippen LogP contribution in [-0.4, -0.2) is 34.4 Å². The maximum Gasteiger partial charge on any atom is 0.404 e. The van der Waals surface area contributed by atoms with Gasteiger partial charge in [0.15, 0.2) is 0 Å². The number of aliphatic hydroxyl groups excluding tert-OH is 1. The number of primary amides is 1. The number of aliphatic hydroxyl groups is 1. The van der Waals surface area contributed by atoms with E-state index in [2.05, 4.69) is 34.6 Å². The van der Waals surface area contributed by atoms with E-state index in [9.17, 15) is 9.90 Å². The molecule has 0 bridgehead atoms. The maximum absolute atomic E-state index is 11.7. The molecule has 196 valence electrons. The van der Waals surface area contributed by atoms with Crippen molar-refractivity contribution in [2.45, 2.75) is 51.0 Å². The van der Waals surface area contributed by atoms with E-state index in [1.54, 1.807) is 0 Å². The van der Waals surface area contributed by atoms with Crippen molar-refractivity contribution in [3.8, 4) is 11.1 Å². The lowest BCUT2D eigenvalue weighted by atomic mass is 9.94. The van der Waals surface area contributed by atoms with Crippen molar-refractivity contribution in [3.63, 3.8) is 0 Å². The fourth-order valence-electron chi connectivity index (χ4n) is 4.55. The molecule has 0 saturated heterocycles. The number of aromatic nitrogens is 1. The highest BCUT2D eigenvalue weighted by Gasteiger charge is 2.26. The number of pyridine rings is 1. The Kier molecular flexibility index (Phi) is 9.62. The third-order valence-corrected chi connectivity index (χ3v) is 6.62. The van der Waals surface area contributed by atoms with Crippen LogP contribution in [0.5, 0.6) is 0 Å². The van der Waals surface area contributed by atoms with Gasteiger partial charge in [0.1, 0.15) is 6.10 Å². The molecule has 6 nitrogen and oxygen atoms in total. The van der Waals surface area contributed by atoms with Crippen LogP contribution in [0.1, 0.15) is 28.8 Å². The summed E-state index contributed by atoms with van der Waals surface area (Å²) in [6, 6.07) is 32.3. The van der Waals surface area contributed by atoms with Crippen molar-refractivity contribution >= 4 is 6.09 Å². The Morgan fingerprint density at radius 1 is 0.842 bits per heavy atom. The normalized spacial score (nSPS) is 13.4. The summed E-state index contributed by atoms with van der Waals surface area (Å²) in [5, 5.41) is 14.8. The van der Waals surface area contributed by atoms with Gasteiger partial charge in [0.25, 0.3) is 0 Å². The SMILES string of the molecule is Cc1ccc(-c2ccc(C[C@H](OC(N)=O)[C@@H](O)C[C@H](Cc3ccccc3)NCc3ccccc3)cc2)cn1. The second kappa shape index (κ2) is 13.5. The quantitative estimate of drug-likeness (QED) is 0.243. The molecule has 4 rings (SSSR count). The number of carbonyl (C=O) groups is 1. The van der Waals surface area contributed by atoms with E-state index in [1.807, 2.05) is 85.9 Å². The first kappa shape index (κ1) is 27.0. The van der Waals surface area contributed by atoms with Crippen molar-refractivity contribution < 1.29 is 14.6 Å². The van der Waals surface area contributed by atoms with Crippen LogP contribution in [0.3, 0.4) is 0 Å². The predicted molar refractivity (Wildman–Crippen MR) is 150 cm³/mol. The van der Waals surface area contributed by atoms with Gasteiger partial charge in [0.2, 0.25) is 0 Å². The molecule has 0 aliphatic rings. The van der Waals surface area contributed by atoms with Gasteiger partial charge in [-0.3, -0.25) is 4.98 Å². The van der Waals surface area contributed by atoms with Crippen LogP contribution in [0.25, 0.3) is 11.1 Å². The van der Waals surface area contributed by atoms with Gasteiger partial charge in [0.05, 0.1) is 6.10 Å². The highest BCUT2D eigenvalue weighted by atomic mass is 16.6. The Morgan fingerprint density at radius 2 is 1.45 bits per heavy atom. The van der Waals surface area contributed by atoms with E-state index in [-0.39, 0.29) is 6.04 Å². The zero-order chi connectivity index (χ0) is 26.7. The highest BCUT2D eigenvalue weighted by molar-refractivity contribution is 5.65. The molecule has 6 heteroatoms. The van der Waals surface area contributed by atoms with Gasteiger partial charge in [-0.25, -0.2) is 4.79 Å². The molecule has 4 N–H and O–H groups in total. The van der Waals surface area contributed by atoms with E-state index in [0.29, 0.717) is 19.4 Å². The smallest absolute Gasteiger partial charge is 0.404 e. The molecule has 0 fully saturated rings. The Hall–Kier alpha value is -4.00. The van der Waals surface area contributed by atoms with Crippen LogP contribution in [-0.2, 0) is 24.1 Å². The van der Waals surface area contributed by atoms with Crippen LogP contribution < -0.4 is 11.1 Å². The van der Waals surface area contributed by atoms with Gasteiger partial charge in [-0.15, -0.1) is 0 Å². The minimum atomic E-state index is -0.902. The summed E-state index contributed by atoms with van der Waals surface area (Å²) in [7, 11) is 0. The second-order valence-electron chi connectivity index (χ2n) is 9.62. The van der Waals surface area contributed by atoms with Crippen LogP contribution in [0.4, 0.5) is 4.79 Å². The fourth-order valence-corrected chi connectivity index (χ4v) is 4.55. The summed E-state index contributed by atoms with van der Waals surface area (Å²) in [5.41, 5.74) is 11.7. The second-order valence-corrected chi connectivity index (χ2v) is 9.62. The van der Waals surface area contributed by atoms with E-state index in [4.69, 9.17) is 10.5 Å². The van der Waals surface area contributed by atoms with Crippen molar-refractivity contribution in [2.24, 2.45) is 5.73 Å². The first-order valence-corrected chi connectivity index (χ1v) is 12.9. The molecule has 1 heterocycles. The number of hydrogen-bond acceptors (Lipinski definition) is 5. The van der Waals surface area contributed by atoms with Gasteiger partial charge in [-0.1, -0.05) is 91.0 Å². The highest BCUT2D eigenvalue weighted by Crippen LogP contribution is 2.21. The summed E-state index contributed by atoms with van der Waals surface area (Å²) < 4.78 is 5.41. The minimum Gasteiger partial charge on any atom is -0.443 e. The van der Waals surface area contributed by atoms with Gasteiger partial charge < -0.3 is 20.9 Å². The van der Waals surface area contributed by atoms with Crippen molar-refractivity contribution in [1.29, 1.82) is 0 Å². The number of nitrogens with zero attached hydrogens (tertiary/aromatic N) is 1. The zero-order valence-corrected chi connectivity index (χ0v) is 21.7. The van der Waals surface area contributed by atoms with Gasteiger partial charge >= 0.3 is 6.09 Å². The molecule has 0 spiro atoms. The Labute approximate surface area is 224 Å². The van der Waals surface area contributed by atoms with Crippen LogP contribution in [0.2, 0.25) is 0 Å². The summed E-state index contributed by atoms with van der Waals surface area (Å²) in [6.45, 7) is 2.63. The predicted octanol–water partition coefficient (Wildman–Crippen LogP) is 5.22. The zero-order valence-electron chi connectivity index (χ0n) is 21.7. The number of nitrogens with two attached hydrogens (primary N) is 1. The Bertz CT molecular complexity index is 1260. The third-order valence-electron chi connectivity index (χ3n) is 6.62. The number of benzene rings is 3. The lowest BCUT2D eigenvalue weighted by Gasteiger charge is -2.27. The molecule has 38 heavy (non-hydrogen) atoms. The van der Waals surface area contributed by atoms with Crippen molar-refractivity contribution in [1.82, 2.24) is 10.3 Å². The molecule has 1 amide bonds. The Balaban J connectivity index is 1.45. The van der Waals surface area contributed by atoms with Crippen molar-refractivity contribution in [2.75, 3.05) is 0 Å². The lowest BCUT2D eigenvalue weighted by Crippen LogP contribution is -2.41. The first-order chi connectivity index (χ1) is 18.5. The van der Waals surface area contributed by atoms with Crippen LogP contribution >= 0.6 is 0 Å². The number of aryl methyl sites for hydroxylation is 1. The molecule has 0 aliphatic heterocycles. The molecular formula is C32H35N3O3. The van der Waals surface area contributed by atoms with E-state index in [1.165, 1.54) is 5.56 Å². The van der Waals surface area contributed by atoms with Gasteiger partial charge in [0, 0.05) is 36.5 Å². The molecule has 0 unspecified atom stereocenters. The minimum absolute atomic E-state index is 0.0389. The summed E-state index contributed by atoms with van der Waals surface area (Å²) in [6.07, 6.45) is 0.764. The van der Waals surface area contributed by atoms with Crippen LogP contribution in [0, 0.1) is 6.92 Å². The number of amides is 1. The van der Waals surface area contributed by atoms with Gasteiger partial charge in [-0.2, -0.15) is 0 Å². The number of carbonyl (C=O) groups excluding carboxylic acids is 1. The average molecular weight is 510 g/mol. The van der Waals surface area contributed by atoms with Crippen LogP contribution in [0.15, 0.2) is 103 Å². The molecule has 0 aliphatic carbocycles. The standard InChI is InChI=1S/C32H35N3O3/c1-23-12-15-28(22-34-23)27-16-13-25(14-17-27)19-31(38-32(33)37)30(36)20-29(18-24-8-4-2-5-9-24)35-21-26-10-6-3-7-11-26/h2-17,22,29-31,35-36H,18-21H2,1H3,(H2,33,37)/t29-,30-,31-/m0/s1. The molecule has 1 aromatic heterocycles. The molecule has 0 radical (unpaired) electrons. The number of rotatable bonds is 12. The Morgan fingerprint density at radius 3 is 2.05 bits per heavy atom. The number of hydrogen-bond donors (Lipinski definition) is 3. The molecule has 3 aromatic carbocycles. The average Bonchev–Trinajstić information content (AvgIpc) is 2.93. The topological polar surface area (TPSA) is 97.5 Å². The molecule has 4 aromatic rings. The van der Waals surface area contributed by atoms with E-state index < -0.39 is 18.3 Å². The van der Waals surface area contributed by atoms with E-state index >= 15 is 0 Å². The van der Waals surface area contributed by atoms with Gasteiger partial charge in [-0.05, 0) is 48.1 Å². The van der Waals surface area contributed by atoms with Crippen molar-refractivity contribution in [3.05, 3.63) is 126 Å². The summed E-state index contributed by atoms with van der Waals surface area (Å²) in [5.74, 6) is 0. The first-order valence-electron chi connectivity index (χ1n) is 12.9. The lowest BCUT2D eigenvalue weighted by molar-refractivity contribution is -0.00226. The van der Waals surface area contributed by atoms with E-state index in [0.717, 1.165) is 34.4 Å². The number of ether oxygens (including phenoxy) is 1. The third kappa shape index (κ3) is 8.26. The molecule has 0 saturated carbocycles. The fraction of sp³-hybridized carbons (Fsp3) is 0.250. The largest absolute Gasteiger partial charge is 0.443 e.